The van der Waals surface area contributed by atoms with Crippen LogP contribution >= 0.6 is 23.6 Å². The molecular formula is C17H12S2. The van der Waals surface area contributed by atoms with Crippen molar-refractivity contribution >= 4 is 28.9 Å². The highest BCUT2D eigenvalue weighted by Crippen LogP contribution is 2.33. The number of hydrogen-bond acceptors (Lipinski definition) is 2. The summed E-state index contributed by atoms with van der Waals surface area (Å²) in [4.78, 5) is 1.26. The first-order chi connectivity index (χ1) is 9.38. The molecule has 0 aliphatic carbocycles. The molecule has 0 radical (unpaired) electrons. The predicted octanol–water partition coefficient (Wildman–Crippen LogP) is 5.43. The van der Waals surface area contributed by atoms with Gasteiger partial charge < -0.3 is 0 Å². The molecule has 2 aromatic carbocycles. The second-order valence-corrected chi connectivity index (χ2v) is 5.42. The third kappa shape index (κ3) is 2.50. The zero-order valence-corrected chi connectivity index (χ0v) is 11.9. The van der Waals surface area contributed by atoms with Gasteiger partial charge in [-0.3, -0.25) is 0 Å². The molecule has 3 aromatic rings. The Labute approximate surface area is 122 Å². The van der Waals surface area contributed by atoms with E-state index < -0.39 is 0 Å². The minimum Gasteiger partial charge on any atom is -0.143 e. The minimum absolute atomic E-state index is 1.11. The van der Waals surface area contributed by atoms with E-state index in [1.54, 1.807) is 16.7 Å². The van der Waals surface area contributed by atoms with E-state index in [0.29, 0.717) is 0 Å². The molecule has 0 fully saturated rings. The van der Waals surface area contributed by atoms with Crippen molar-refractivity contribution in [1.82, 2.24) is 0 Å². The highest BCUT2D eigenvalue weighted by Gasteiger charge is 2.07. The molecule has 0 saturated heterocycles. The Balaban J connectivity index is 2.04. The van der Waals surface area contributed by atoms with Gasteiger partial charge in [0.1, 0.15) is 0 Å². The molecule has 1 aromatic heterocycles. The Morgan fingerprint density at radius 2 is 1.58 bits per heavy atom. The van der Waals surface area contributed by atoms with E-state index in [-0.39, 0.29) is 0 Å². The molecule has 0 atom stereocenters. The van der Waals surface area contributed by atoms with Gasteiger partial charge in [0, 0.05) is 10.2 Å². The first-order valence-corrected chi connectivity index (χ1v) is 7.42. The predicted molar refractivity (Wildman–Crippen MR) is 87.9 cm³/mol. The lowest BCUT2D eigenvalue weighted by Crippen LogP contribution is -1.82. The Morgan fingerprint density at radius 3 is 2.37 bits per heavy atom. The molecule has 1 heterocycles. The number of hydrogen-bond donors (Lipinski definition) is 0. The van der Waals surface area contributed by atoms with Crippen LogP contribution in [-0.4, -0.2) is 5.37 Å². The van der Waals surface area contributed by atoms with Crippen LogP contribution in [0.2, 0.25) is 0 Å². The first kappa shape index (κ1) is 12.3. The average molecular weight is 280 g/mol. The maximum atomic E-state index is 5.09. The van der Waals surface area contributed by atoms with E-state index in [0.717, 1.165) is 5.56 Å². The molecule has 0 bridgehead atoms. The van der Waals surface area contributed by atoms with E-state index in [4.69, 9.17) is 12.2 Å². The molecule has 0 N–H and O–H groups in total. The molecule has 0 nitrogen and oxygen atoms in total. The maximum Gasteiger partial charge on any atom is 0.0355 e. The van der Waals surface area contributed by atoms with E-state index in [9.17, 15) is 0 Å². The fourth-order valence-electron chi connectivity index (χ4n) is 2.08. The van der Waals surface area contributed by atoms with Gasteiger partial charge in [0.2, 0.25) is 0 Å². The lowest BCUT2D eigenvalue weighted by molar-refractivity contribution is 1.65. The summed E-state index contributed by atoms with van der Waals surface area (Å²) in [7, 11) is 0. The largest absolute Gasteiger partial charge is 0.143 e. The molecule has 2 heteroatoms. The van der Waals surface area contributed by atoms with Gasteiger partial charge in [-0.05, 0) is 33.7 Å². The van der Waals surface area contributed by atoms with Gasteiger partial charge in [-0.15, -0.1) is 11.3 Å². The Kier molecular flexibility index (Phi) is 3.53. The molecule has 3 rings (SSSR count). The van der Waals surface area contributed by atoms with Crippen molar-refractivity contribution in [1.29, 1.82) is 0 Å². The van der Waals surface area contributed by atoms with Gasteiger partial charge in [0.25, 0.3) is 0 Å². The van der Waals surface area contributed by atoms with Crippen molar-refractivity contribution in [3.05, 3.63) is 71.6 Å². The van der Waals surface area contributed by atoms with Gasteiger partial charge >= 0.3 is 0 Å². The lowest BCUT2D eigenvalue weighted by atomic mass is 10.0. The lowest BCUT2D eigenvalue weighted by Gasteiger charge is -2.01. The van der Waals surface area contributed by atoms with Crippen LogP contribution in [0.25, 0.3) is 21.6 Å². The Bertz CT molecular complexity index is 696. The normalized spacial score (nSPS) is 10.3. The highest BCUT2D eigenvalue weighted by molar-refractivity contribution is 7.79. The summed E-state index contributed by atoms with van der Waals surface area (Å²) in [5, 5.41) is 3.95. The molecule has 0 spiro atoms. The van der Waals surface area contributed by atoms with Crippen LogP contribution in [0.1, 0.15) is 5.56 Å². The maximum absolute atomic E-state index is 5.09. The quantitative estimate of drug-likeness (QED) is 0.576. The van der Waals surface area contributed by atoms with E-state index in [2.05, 4.69) is 53.9 Å². The second kappa shape index (κ2) is 5.47. The molecule has 0 aliphatic rings. The molecule has 92 valence electrons. The van der Waals surface area contributed by atoms with Gasteiger partial charge in [0.15, 0.2) is 0 Å². The molecular weight excluding hydrogens is 268 g/mol. The smallest absolute Gasteiger partial charge is 0.0355 e. The molecule has 0 amide bonds. The van der Waals surface area contributed by atoms with Crippen molar-refractivity contribution in [2.24, 2.45) is 0 Å². The monoisotopic (exact) mass is 280 g/mol. The zero-order valence-electron chi connectivity index (χ0n) is 10.2. The van der Waals surface area contributed by atoms with Crippen LogP contribution < -0.4 is 0 Å². The molecule has 0 aliphatic heterocycles. The number of thiocarbonyl (C=S) groups is 1. The fraction of sp³-hybridized carbons (Fsp3) is 0. The van der Waals surface area contributed by atoms with Crippen LogP contribution in [0.15, 0.2) is 66.0 Å². The third-order valence-corrected chi connectivity index (χ3v) is 4.28. The third-order valence-electron chi connectivity index (χ3n) is 3.06. The van der Waals surface area contributed by atoms with Gasteiger partial charge in [-0.2, -0.15) is 0 Å². The summed E-state index contributed by atoms with van der Waals surface area (Å²) in [5.74, 6) is 0. The molecule has 0 unspecified atom stereocenters. The van der Waals surface area contributed by atoms with Crippen LogP contribution in [0.4, 0.5) is 0 Å². The first-order valence-electron chi connectivity index (χ1n) is 6.07. The van der Waals surface area contributed by atoms with Crippen molar-refractivity contribution < 1.29 is 0 Å². The van der Waals surface area contributed by atoms with E-state index in [1.165, 1.54) is 21.6 Å². The Morgan fingerprint density at radius 1 is 0.842 bits per heavy atom. The van der Waals surface area contributed by atoms with Gasteiger partial charge in [-0.1, -0.05) is 66.8 Å². The van der Waals surface area contributed by atoms with Crippen LogP contribution in [0.5, 0.6) is 0 Å². The van der Waals surface area contributed by atoms with Crippen LogP contribution in [0, 0.1) is 0 Å². The number of rotatable bonds is 3. The average Bonchev–Trinajstić information content (AvgIpc) is 2.98. The second-order valence-electron chi connectivity index (χ2n) is 4.27. The molecule has 19 heavy (non-hydrogen) atoms. The number of thiophene rings is 1. The summed E-state index contributed by atoms with van der Waals surface area (Å²) in [6, 6.07) is 20.9. The van der Waals surface area contributed by atoms with E-state index >= 15 is 0 Å². The summed E-state index contributed by atoms with van der Waals surface area (Å²) in [6.45, 7) is 0. The Hall–Kier alpha value is -1.77. The summed E-state index contributed by atoms with van der Waals surface area (Å²) < 4.78 is 0. The topological polar surface area (TPSA) is 0 Å². The van der Waals surface area contributed by atoms with Crippen LogP contribution in [0.3, 0.4) is 0 Å². The van der Waals surface area contributed by atoms with Crippen LogP contribution in [-0.2, 0) is 0 Å². The van der Waals surface area contributed by atoms with Crippen molar-refractivity contribution in [2.75, 3.05) is 0 Å². The van der Waals surface area contributed by atoms with E-state index in [1.807, 2.05) is 12.1 Å². The van der Waals surface area contributed by atoms with Crippen molar-refractivity contribution in [3.8, 4) is 21.6 Å². The van der Waals surface area contributed by atoms with Gasteiger partial charge in [0.05, 0.1) is 0 Å². The molecule has 0 saturated carbocycles. The van der Waals surface area contributed by atoms with Gasteiger partial charge in [-0.25, -0.2) is 0 Å². The fourth-order valence-corrected chi connectivity index (χ4v) is 3.26. The van der Waals surface area contributed by atoms with Crippen molar-refractivity contribution in [2.45, 2.75) is 0 Å². The number of benzene rings is 2. The minimum atomic E-state index is 1.11. The summed E-state index contributed by atoms with van der Waals surface area (Å²) >= 11 is 6.85. The highest BCUT2D eigenvalue weighted by atomic mass is 32.1. The summed E-state index contributed by atoms with van der Waals surface area (Å²) in [5.41, 5.74) is 4.84. The SMILES string of the molecule is S=Cc1ccccc1-c1cc(-c2ccccc2)cs1. The standard InChI is InChI=1S/C17H12S2/c18-11-14-8-4-5-9-16(14)17-10-15(12-19-17)13-6-2-1-3-7-13/h1-12H. The van der Waals surface area contributed by atoms with Crippen molar-refractivity contribution in [3.63, 3.8) is 0 Å². The summed E-state index contributed by atoms with van der Waals surface area (Å²) in [6.07, 6.45) is 0. The zero-order chi connectivity index (χ0) is 13.1.